The largest absolute Gasteiger partial charge is 0.480 e. The molecule has 2 heterocycles. The number of carboxylic acid groups (broad SMARTS) is 1. The van der Waals surface area contributed by atoms with Gasteiger partial charge in [-0.1, -0.05) is 60.7 Å². The molecule has 2 aromatic rings. The molecule has 2 aliphatic heterocycles. The molecule has 2 amide bonds. The maximum absolute atomic E-state index is 11.8. The highest BCUT2D eigenvalue weighted by Gasteiger charge is 2.35. The second-order valence-electron chi connectivity index (χ2n) is 8.97. The minimum absolute atomic E-state index is 0. The molecule has 2 fully saturated rings. The summed E-state index contributed by atoms with van der Waals surface area (Å²) in [5.74, 6) is -0.968. The third-order valence-electron chi connectivity index (χ3n) is 6.09. The van der Waals surface area contributed by atoms with Crippen molar-refractivity contribution in [3.8, 4) is 0 Å². The maximum Gasteiger partial charge on any atom is 0.410 e. The predicted molar refractivity (Wildman–Crippen MR) is 174 cm³/mol. The Bertz CT molecular complexity index is 1150. The maximum atomic E-state index is 11.8. The highest BCUT2D eigenvalue weighted by Crippen LogP contribution is 2.21. The third-order valence-corrected chi connectivity index (χ3v) is 6.78. The van der Waals surface area contributed by atoms with Crippen LogP contribution in [-0.2, 0) is 41.9 Å². The lowest BCUT2D eigenvalue weighted by molar-refractivity contribution is -0.141. The SMILES string of the molecule is O=C(Cl)C(=O)Cl.O=C(Cl)[C@@H]1CCCN1C(=O)OCc1ccccc1.O=C(O)[C@@H]1CCCN1C(=O)OCc1ccccc1.S.S. The van der Waals surface area contributed by atoms with Crippen molar-refractivity contribution in [2.45, 2.75) is 51.0 Å². The summed E-state index contributed by atoms with van der Waals surface area (Å²) in [6.07, 6.45) is 1.57. The van der Waals surface area contributed by atoms with Crippen LogP contribution in [0.2, 0.25) is 0 Å². The van der Waals surface area contributed by atoms with Gasteiger partial charge < -0.3 is 14.6 Å². The minimum Gasteiger partial charge on any atom is -0.480 e. The Kier molecular flexibility index (Phi) is 20.2. The monoisotopic (exact) mass is 710 g/mol. The molecule has 44 heavy (non-hydrogen) atoms. The molecule has 0 aliphatic carbocycles. The van der Waals surface area contributed by atoms with Crippen LogP contribution in [0, 0.1) is 0 Å². The number of aliphatic carboxylic acids is 1. The molecule has 242 valence electrons. The zero-order valence-electron chi connectivity index (χ0n) is 23.3. The van der Waals surface area contributed by atoms with Crippen molar-refractivity contribution in [1.82, 2.24) is 9.80 Å². The number of hydrogen-bond acceptors (Lipinski definition) is 8. The van der Waals surface area contributed by atoms with E-state index in [-0.39, 0.29) is 40.2 Å². The van der Waals surface area contributed by atoms with Crippen molar-refractivity contribution < 1.29 is 43.3 Å². The van der Waals surface area contributed by atoms with E-state index in [4.69, 9.17) is 26.2 Å². The Balaban J connectivity index is 0.000000685. The van der Waals surface area contributed by atoms with E-state index in [0.29, 0.717) is 32.4 Å². The summed E-state index contributed by atoms with van der Waals surface area (Å²) in [6, 6.07) is 17.4. The number of amides is 2. The number of likely N-dealkylation sites (tertiary alicyclic amines) is 2. The second kappa shape index (κ2) is 21.7. The van der Waals surface area contributed by atoms with E-state index in [1.54, 1.807) is 0 Å². The van der Waals surface area contributed by atoms with Gasteiger partial charge in [0.1, 0.15) is 25.3 Å². The molecule has 0 aromatic heterocycles. The lowest BCUT2D eigenvalue weighted by Crippen LogP contribution is -2.40. The van der Waals surface area contributed by atoms with Gasteiger partial charge in [-0.05, 0) is 71.6 Å². The van der Waals surface area contributed by atoms with Crippen LogP contribution in [0.15, 0.2) is 60.7 Å². The molecular formula is C28H33Cl3N2O9S2. The van der Waals surface area contributed by atoms with Crippen molar-refractivity contribution >= 4 is 95.7 Å². The molecule has 2 aliphatic rings. The Morgan fingerprint density at radius 2 is 1.02 bits per heavy atom. The van der Waals surface area contributed by atoms with Gasteiger partial charge in [-0.15, -0.1) is 0 Å². The fraction of sp³-hybridized carbons (Fsp3) is 0.357. The Morgan fingerprint density at radius 1 is 0.659 bits per heavy atom. The van der Waals surface area contributed by atoms with E-state index in [0.717, 1.165) is 17.5 Å². The van der Waals surface area contributed by atoms with Gasteiger partial charge in [0, 0.05) is 13.1 Å². The first kappa shape index (κ1) is 41.0. The van der Waals surface area contributed by atoms with E-state index in [1.165, 1.54) is 9.80 Å². The molecule has 2 atom stereocenters. The lowest BCUT2D eigenvalue weighted by Gasteiger charge is -2.20. The minimum atomic E-state index is -1.14. The molecule has 1 N–H and O–H groups in total. The first-order chi connectivity index (χ1) is 20.0. The standard InChI is InChI=1S/C13H14ClNO3.C13H15NO4.C2Cl2O2.2H2S/c14-12(16)11-7-4-8-15(11)13(17)18-9-10-5-2-1-3-6-10;15-12(16)11-7-4-8-14(11)13(17)18-9-10-5-2-1-3-6-10;3-1(5)2(4)6;;/h1-3,5-6,11H,4,7-9H2;1-3,5-6,11H,4,7-9H2,(H,15,16);;2*1H2/t2*11-;;;/m00.../s1. The van der Waals surface area contributed by atoms with Crippen LogP contribution in [0.25, 0.3) is 0 Å². The zero-order chi connectivity index (χ0) is 31.1. The second-order valence-corrected chi connectivity index (χ2v) is 10.0. The first-order valence-electron chi connectivity index (χ1n) is 12.8. The molecule has 2 aromatic carbocycles. The molecule has 4 rings (SSSR count). The number of carboxylic acids is 1. The Labute approximate surface area is 283 Å². The first-order valence-corrected chi connectivity index (χ1v) is 13.9. The van der Waals surface area contributed by atoms with Gasteiger partial charge in [-0.3, -0.25) is 24.2 Å². The van der Waals surface area contributed by atoms with Gasteiger partial charge in [0.25, 0.3) is 0 Å². The van der Waals surface area contributed by atoms with Gasteiger partial charge in [-0.25, -0.2) is 14.4 Å². The summed E-state index contributed by atoms with van der Waals surface area (Å²) in [4.78, 5) is 67.2. The molecule has 0 radical (unpaired) electrons. The van der Waals surface area contributed by atoms with E-state index >= 15 is 0 Å². The Morgan fingerprint density at radius 3 is 1.36 bits per heavy atom. The van der Waals surface area contributed by atoms with Crippen LogP contribution in [0.4, 0.5) is 9.59 Å². The number of nitrogens with zero attached hydrogens (tertiary/aromatic N) is 2. The zero-order valence-corrected chi connectivity index (χ0v) is 27.6. The van der Waals surface area contributed by atoms with E-state index < -0.39 is 46.0 Å². The van der Waals surface area contributed by atoms with Gasteiger partial charge in [-0.2, -0.15) is 27.0 Å². The highest BCUT2D eigenvalue weighted by molar-refractivity contribution is 7.59. The van der Waals surface area contributed by atoms with Gasteiger partial charge in [0.2, 0.25) is 5.24 Å². The van der Waals surface area contributed by atoms with Crippen molar-refractivity contribution in [2.24, 2.45) is 0 Å². The van der Waals surface area contributed by atoms with Gasteiger partial charge >= 0.3 is 28.6 Å². The Hall–Kier alpha value is -2.97. The van der Waals surface area contributed by atoms with Crippen LogP contribution in [0.3, 0.4) is 0 Å². The van der Waals surface area contributed by atoms with Crippen LogP contribution in [0.5, 0.6) is 0 Å². The normalized spacial score (nSPS) is 16.3. The molecule has 11 nitrogen and oxygen atoms in total. The van der Waals surface area contributed by atoms with E-state index in [2.05, 4.69) is 23.2 Å². The summed E-state index contributed by atoms with van der Waals surface area (Å²) in [5, 5.41) is 6.19. The van der Waals surface area contributed by atoms with Crippen molar-refractivity contribution in [2.75, 3.05) is 13.1 Å². The predicted octanol–water partition coefficient (Wildman–Crippen LogP) is 5.17. The molecular weight excluding hydrogens is 679 g/mol. The number of hydrogen-bond donors (Lipinski definition) is 1. The number of benzene rings is 2. The van der Waals surface area contributed by atoms with Crippen LogP contribution < -0.4 is 0 Å². The highest BCUT2D eigenvalue weighted by atomic mass is 35.5. The number of halogens is 3. The summed E-state index contributed by atoms with van der Waals surface area (Å²) >= 11 is 14.4. The smallest absolute Gasteiger partial charge is 0.410 e. The van der Waals surface area contributed by atoms with Crippen molar-refractivity contribution in [3.05, 3.63) is 71.8 Å². The van der Waals surface area contributed by atoms with Crippen LogP contribution in [-0.4, -0.2) is 74.0 Å². The number of ether oxygens (including phenoxy) is 2. The van der Waals surface area contributed by atoms with Crippen LogP contribution >= 0.6 is 61.8 Å². The molecule has 2 saturated heterocycles. The summed E-state index contributed by atoms with van der Waals surface area (Å²) < 4.78 is 10.3. The van der Waals surface area contributed by atoms with Crippen LogP contribution in [0.1, 0.15) is 36.8 Å². The fourth-order valence-electron chi connectivity index (χ4n) is 4.07. The average Bonchev–Trinajstić information content (AvgIpc) is 3.67. The van der Waals surface area contributed by atoms with E-state index in [9.17, 15) is 28.8 Å². The van der Waals surface area contributed by atoms with E-state index in [1.807, 2.05) is 60.7 Å². The number of carbonyl (C=O) groups is 6. The van der Waals surface area contributed by atoms with Gasteiger partial charge in [0.05, 0.1) is 0 Å². The van der Waals surface area contributed by atoms with Gasteiger partial charge in [0.15, 0.2) is 0 Å². The molecule has 0 saturated carbocycles. The third kappa shape index (κ3) is 14.2. The molecule has 16 heteroatoms. The molecule has 0 spiro atoms. The quantitative estimate of drug-likeness (QED) is 0.304. The van der Waals surface area contributed by atoms with Crippen molar-refractivity contribution in [3.63, 3.8) is 0 Å². The number of carbonyl (C=O) groups excluding carboxylic acids is 5. The average molecular weight is 712 g/mol. The number of rotatable bonds is 7. The molecule has 0 unspecified atom stereocenters. The van der Waals surface area contributed by atoms with Crippen molar-refractivity contribution in [1.29, 1.82) is 0 Å². The summed E-state index contributed by atoms with van der Waals surface area (Å²) in [5.41, 5.74) is 1.80. The summed E-state index contributed by atoms with van der Waals surface area (Å²) in [7, 11) is 0. The summed E-state index contributed by atoms with van der Waals surface area (Å²) in [6.45, 7) is 1.35. The fourth-order valence-corrected chi connectivity index (χ4v) is 4.29. The lowest BCUT2D eigenvalue weighted by atomic mass is 10.2. The topological polar surface area (TPSA) is 148 Å². The molecule has 0 bridgehead atoms.